The van der Waals surface area contributed by atoms with E-state index in [0.717, 1.165) is 35.0 Å². The van der Waals surface area contributed by atoms with E-state index in [9.17, 15) is 0 Å². The van der Waals surface area contributed by atoms with Gasteiger partial charge in [0.2, 0.25) is 0 Å². The number of anilines is 3. The van der Waals surface area contributed by atoms with Crippen LogP contribution in [0.2, 0.25) is 0 Å². The lowest BCUT2D eigenvalue weighted by Crippen LogP contribution is -2.12. The molecule has 0 amide bonds. The van der Waals surface area contributed by atoms with Crippen molar-refractivity contribution < 1.29 is 0 Å². The molecular weight excluding hydrogens is 294 g/mol. The molecule has 0 bridgehead atoms. The molecule has 0 aliphatic heterocycles. The highest BCUT2D eigenvalue weighted by Gasteiger charge is 2.12. The fraction of sp³-hybridized carbons (Fsp3) is 0.0952. The largest absolute Gasteiger partial charge is 0.384 e. The molecule has 24 heavy (non-hydrogen) atoms. The molecule has 0 saturated heterocycles. The predicted octanol–water partition coefficient (Wildman–Crippen LogP) is 5.13. The summed E-state index contributed by atoms with van der Waals surface area (Å²) in [6.45, 7) is 6.90. The van der Waals surface area contributed by atoms with E-state index in [4.69, 9.17) is 0 Å². The minimum atomic E-state index is 0.836. The summed E-state index contributed by atoms with van der Waals surface area (Å²) in [6.07, 6.45) is 1.89. The number of hydrogen-bond acceptors (Lipinski definition) is 3. The second-order valence-electron chi connectivity index (χ2n) is 5.42. The summed E-state index contributed by atoms with van der Waals surface area (Å²) in [7, 11) is 0. The Bertz CT molecular complexity index is 741. The molecule has 0 fully saturated rings. The van der Waals surface area contributed by atoms with Crippen LogP contribution in [0.5, 0.6) is 0 Å². The van der Waals surface area contributed by atoms with Gasteiger partial charge in [-0.3, -0.25) is 4.98 Å². The highest BCUT2D eigenvalue weighted by atomic mass is 15.1. The third-order valence-electron chi connectivity index (χ3n) is 3.73. The number of nitrogens with one attached hydrogen (secondary N) is 1. The maximum atomic E-state index is 4.57. The molecule has 1 aromatic heterocycles. The van der Waals surface area contributed by atoms with Gasteiger partial charge >= 0.3 is 0 Å². The fourth-order valence-corrected chi connectivity index (χ4v) is 2.60. The molecule has 3 aromatic rings. The third kappa shape index (κ3) is 3.46. The van der Waals surface area contributed by atoms with Crippen LogP contribution in [0.25, 0.3) is 5.70 Å². The number of rotatable bonds is 6. The van der Waals surface area contributed by atoms with Gasteiger partial charge in [0.15, 0.2) is 0 Å². The molecule has 1 N–H and O–H groups in total. The summed E-state index contributed by atoms with van der Waals surface area (Å²) in [5.74, 6) is 0. The highest BCUT2D eigenvalue weighted by molar-refractivity contribution is 5.76. The van der Waals surface area contributed by atoms with E-state index in [1.807, 2.05) is 55.6 Å². The summed E-state index contributed by atoms with van der Waals surface area (Å²) in [5.41, 5.74) is 4.92. The van der Waals surface area contributed by atoms with Gasteiger partial charge < -0.3 is 10.2 Å². The van der Waals surface area contributed by atoms with E-state index in [-0.39, 0.29) is 0 Å². The molecule has 0 atom stereocenters. The zero-order valence-electron chi connectivity index (χ0n) is 13.8. The first kappa shape index (κ1) is 15.8. The van der Waals surface area contributed by atoms with Gasteiger partial charge in [0.25, 0.3) is 0 Å². The lowest BCUT2D eigenvalue weighted by atomic mass is 10.2. The summed E-state index contributed by atoms with van der Waals surface area (Å²) in [6, 6.07) is 24.7. The second-order valence-corrected chi connectivity index (χ2v) is 5.42. The Morgan fingerprint density at radius 3 is 1.92 bits per heavy atom. The Balaban J connectivity index is 1.99. The molecular formula is C21H21N3. The predicted molar refractivity (Wildman–Crippen MR) is 102 cm³/mol. The van der Waals surface area contributed by atoms with Crippen LogP contribution < -0.4 is 10.2 Å². The lowest BCUT2D eigenvalue weighted by Gasteiger charge is -2.25. The molecule has 120 valence electrons. The summed E-state index contributed by atoms with van der Waals surface area (Å²) >= 11 is 0. The number of nitrogens with zero attached hydrogens (tertiary/aromatic N) is 2. The first-order valence-corrected chi connectivity index (χ1v) is 8.09. The zero-order valence-corrected chi connectivity index (χ0v) is 13.8. The van der Waals surface area contributed by atoms with E-state index in [1.165, 1.54) is 0 Å². The number of hydrogen-bond donors (Lipinski definition) is 1. The zero-order chi connectivity index (χ0) is 16.8. The van der Waals surface area contributed by atoms with Crippen molar-refractivity contribution in [3.8, 4) is 0 Å². The van der Waals surface area contributed by atoms with Crippen LogP contribution in [0.3, 0.4) is 0 Å². The lowest BCUT2D eigenvalue weighted by molar-refractivity contribution is 0.933. The van der Waals surface area contributed by atoms with Gasteiger partial charge in [0, 0.05) is 17.9 Å². The average molecular weight is 315 g/mol. The van der Waals surface area contributed by atoms with Gasteiger partial charge in [-0.25, -0.2) is 0 Å². The normalized spacial score (nSPS) is 10.2. The van der Waals surface area contributed by atoms with Gasteiger partial charge in [-0.1, -0.05) is 43.0 Å². The summed E-state index contributed by atoms with van der Waals surface area (Å²) in [5, 5.41) is 3.20. The molecule has 3 nitrogen and oxygen atoms in total. The highest BCUT2D eigenvalue weighted by Crippen LogP contribution is 2.33. The molecule has 1 heterocycles. The van der Waals surface area contributed by atoms with E-state index >= 15 is 0 Å². The van der Waals surface area contributed by atoms with Crippen LogP contribution in [0.15, 0.2) is 85.6 Å². The van der Waals surface area contributed by atoms with Crippen molar-refractivity contribution in [2.45, 2.75) is 6.92 Å². The number of aromatic nitrogens is 1. The van der Waals surface area contributed by atoms with Gasteiger partial charge in [-0.05, 0) is 43.3 Å². The Morgan fingerprint density at radius 2 is 1.46 bits per heavy atom. The van der Waals surface area contributed by atoms with Gasteiger partial charge in [0.1, 0.15) is 0 Å². The molecule has 2 aromatic carbocycles. The van der Waals surface area contributed by atoms with Crippen molar-refractivity contribution in [3.05, 3.63) is 91.3 Å². The van der Waals surface area contributed by atoms with Crippen molar-refractivity contribution in [3.63, 3.8) is 0 Å². The van der Waals surface area contributed by atoms with Crippen LogP contribution in [0.4, 0.5) is 17.1 Å². The Labute approximate surface area is 143 Å². The molecule has 0 aliphatic rings. The Morgan fingerprint density at radius 1 is 0.875 bits per heavy atom. The molecule has 3 rings (SSSR count). The maximum Gasteiger partial charge on any atom is 0.0856 e. The van der Waals surface area contributed by atoms with E-state index in [0.29, 0.717) is 0 Å². The number of para-hydroxylation sites is 2. The van der Waals surface area contributed by atoms with Crippen LogP contribution in [-0.4, -0.2) is 11.5 Å². The van der Waals surface area contributed by atoms with Crippen molar-refractivity contribution >= 4 is 22.8 Å². The number of benzene rings is 2. The van der Waals surface area contributed by atoms with Crippen molar-refractivity contribution in [1.82, 2.24) is 10.3 Å². The molecule has 0 spiro atoms. The quantitative estimate of drug-likeness (QED) is 0.683. The Hall–Kier alpha value is -3.07. The first-order valence-electron chi connectivity index (χ1n) is 8.09. The number of pyridine rings is 1. The average Bonchev–Trinajstić information content (AvgIpc) is 2.64. The fourth-order valence-electron chi connectivity index (χ4n) is 2.60. The molecule has 3 heteroatoms. The summed E-state index contributed by atoms with van der Waals surface area (Å²) < 4.78 is 0. The van der Waals surface area contributed by atoms with Gasteiger partial charge in [-0.2, -0.15) is 0 Å². The van der Waals surface area contributed by atoms with E-state index in [1.54, 1.807) is 0 Å². The monoisotopic (exact) mass is 315 g/mol. The van der Waals surface area contributed by atoms with Gasteiger partial charge in [0.05, 0.1) is 23.3 Å². The van der Waals surface area contributed by atoms with Gasteiger partial charge in [-0.15, -0.1) is 0 Å². The first-order chi connectivity index (χ1) is 11.8. The topological polar surface area (TPSA) is 28.2 Å². The Kier molecular flexibility index (Phi) is 4.92. The van der Waals surface area contributed by atoms with Crippen LogP contribution in [0, 0.1) is 0 Å². The van der Waals surface area contributed by atoms with Crippen LogP contribution in [-0.2, 0) is 0 Å². The van der Waals surface area contributed by atoms with Crippen molar-refractivity contribution in [2.75, 3.05) is 11.4 Å². The molecule has 0 saturated carbocycles. The maximum absolute atomic E-state index is 4.57. The minimum Gasteiger partial charge on any atom is -0.384 e. The van der Waals surface area contributed by atoms with Crippen LogP contribution in [0.1, 0.15) is 12.6 Å². The van der Waals surface area contributed by atoms with Crippen molar-refractivity contribution in [2.24, 2.45) is 0 Å². The summed E-state index contributed by atoms with van der Waals surface area (Å²) in [4.78, 5) is 6.75. The molecule has 0 radical (unpaired) electrons. The van der Waals surface area contributed by atoms with E-state index in [2.05, 4.69) is 52.1 Å². The standard InChI is InChI=1S/C21H21N3/c1-3-22-17(2)21-15-14-20(16-23-21)24(18-10-6-4-7-11-18)19-12-8-5-9-13-19/h4-16,22H,2-3H2,1H3. The SMILES string of the molecule is C=C(NCC)c1ccc(N(c2ccccc2)c2ccccc2)cn1. The minimum absolute atomic E-state index is 0.836. The second kappa shape index (κ2) is 7.47. The molecule has 0 aliphatic carbocycles. The van der Waals surface area contributed by atoms with Crippen LogP contribution >= 0.6 is 0 Å². The third-order valence-corrected chi connectivity index (χ3v) is 3.73. The van der Waals surface area contributed by atoms with Crippen molar-refractivity contribution in [1.29, 1.82) is 0 Å². The molecule has 0 unspecified atom stereocenters. The smallest absolute Gasteiger partial charge is 0.0856 e. The van der Waals surface area contributed by atoms with E-state index < -0.39 is 0 Å².